The quantitative estimate of drug-likeness (QED) is 0.622. The molecule has 3 heterocycles. The lowest BCUT2D eigenvalue weighted by molar-refractivity contribution is 0.0456. The molecule has 0 aliphatic carbocycles. The summed E-state index contributed by atoms with van der Waals surface area (Å²) in [5.41, 5.74) is 3.45. The maximum absolute atomic E-state index is 5.68. The number of benzene rings is 1. The number of ether oxygens (including phenoxy) is 1. The number of rotatable bonds is 7. The second-order valence-electron chi connectivity index (χ2n) is 6.22. The van der Waals surface area contributed by atoms with Gasteiger partial charge in [-0.05, 0) is 34.7 Å². The summed E-state index contributed by atoms with van der Waals surface area (Å²) in [4.78, 5) is 7.95. The van der Waals surface area contributed by atoms with Crippen molar-refractivity contribution in [3.63, 3.8) is 0 Å². The standard InChI is InChI=1S/C19H20N6OS/c1-15-13-27-19(24(15)11-17-8-5-9-20-10-17)18-21-23-25(22-18)14-26-12-16-6-3-2-4-7-16/h2-10,13,19H,11-12,14H2,1H3. The Hall–Kier alpha value is -2.71. The first-order valence-corrected chi connectivity index (χ1v) is 9.61. The molecule has 1 atom stereocenters. The Morgan fingerprint density at radius 3 is 2.78 bits per heavy atom. The third-order valence-corrected chi connectivity index (χ3v) is 5.39. The Balaban J connectivity index is 1.38. The van der Waals surface area contributed by atoms with Crippen LogP contribution in [0.5, 0.6) is 0 Å². The molecule has 1 aromatic carbocycles. The molecule has 0 saturated heterocycles. The van der Waals surface area contributed by atoms with Crippen LogP contribution in [0, 0.1) is 0 Å². The molecule has 1 aliphatic rings. The molecule has 7 nitrogen and oxygen atoms in total. The molecule has 3 aromatic rings. The van der Waals surface area contributed by atoms with Gasteiger partial charge < -0.3 is 9.64 Å². The Morgan fingerprint density at radius 1 is 1.11 bits per heavy atom. The fourth-order valence-electron chi connectivity index (χ4n) is 2.81. The van der Waals surface area contributed by atoms with E-state index in [2.05, 4.69) is 43.7 Å². The van der Waals surface area contributed by atoms with Crippen molar-refractivity contribution in [2.75, 3.05) is 0 Å². The fraction of sp³-hybridized carbons (Fsp3) is 0.263. The van der Waals surface area contributed by atoms with Gasteiger partial charge in [0.25, 0.3) is 0 Å². The van der Waals surface area contributed by atoms with Crippen LogP contribution in [0.15, 0.2) is 66.0 Å². The topological polar surface area (TPSA) is 69.0 Å². The number of nitrogens with zero attached hydrogens (tertiary/aromatic N) is 6. The van der Waals surface area contributed by atoms with E-state index in [1.54, 1.807) is 18.0 Å². The maximum Gasteiger partial charge on any atom is 0.207 e. The average molecular weight is 380 g/mol. The summed E-state index contributed by atoms with van der Waals surface area (Å²) >= 11 is 1.69. The van der Waals surface area contributed by atoms with Crippen LogP contribution < -0.4 is 0 Å². The number of aromatic nitrogens is 5. The Labute approximate surface area is 162 Å². The highest BCUT2D eigenvalue weighted by Gasteiger charge is 2.30. The molecule has 2 aromatic heterocycles. The van der Waals surface area contributed by atoms with Crippen LogP contribution >= 0.6 is 11.8 Å². The van der Waals surface area contributed by atoms with E-state index >= 15 is 0 Å². The first-order chi connectivity index (χ1) is 13.3. The number of allylic oxidation sites excluding steroid dienone is 1. The van der Waals surface area contributed by atoms with Crippen molar-refractivity contribution in [1.82, 2.24) is 30.1 Å². The smallest absolute Gasteiger partial charge is 0.207 e. The highest BCUT2D eigenvalue weighted by atomic mass is 32.2. The van der Waals surface area contributed by atoms with Gasteiger partial charge in [-0.15, -0.1) is 15.0 Å². The van der Waals surface area contributed by atoms with Crippen LogP contribution in [0.3, 0.4) is 0 Å². The number of hydrogen-bond acceptors (Lipinski definition) is 7. The van der Waals surface area contributed by atoms with Crippen molar-refractivity contribution in [1.29, 1.82) is 0 Å². The number of thioether (sulfide) groups is 1. The fourth-order valence-corrected chi connectivity index (χ4v) is 3.88. The monoisotopic (exact) mass is 380 g/mol. The molecule has 27 heavy (non-hydrogen) atoms. The molecule has 0 spiro atoms. The van der Waals surface area contributed by atoms with E-state index in [0.29, 0.717) is 12.4 Å². The van der Waals surface area contributed by atoms with Gasteiger partial charge in [-0.2, -0.15) is 0 Å². The molecule has 8 heteroatoms. The zero-order chi connectivity index (χ0) is 18.5. The first-order valence-electron chi connectivity index (χ1n) is 8.67. The zero-order valence-corrected chi connectivity index (χ0v) is 15.8. The Kier molecular flexibility index (Phi) is 5.45. The molecule has 0 amide bonds. The van der Waals surface area contributed by atoms with Gasteiger partial charge in [-0.25, -0.2) is 0 Å². The highest BCUT2D eigenvalue weighted by Crippen LogP contribution is 2.41. The summed E-state index contributed by atoms with van der Waals surface area (Å²) in [7, 11) is 0. The molecule has 138 valence electrons. The van der Waals surface area contributed by atoms with E-state index in [-0.39, 0.29) is 12.1 Å². The second-order valence-corrected chi connectivity index (χ2v) is 7.17. The van der Waals surface area contributed by atoms with Gasteiger partial charge in [0.15, 0.2) is 6.73 Å². The van der Waals surface area contributed by atoms with Crippen LogP contribution in [0.1, 0.15) is 29.2 Å². The second kappa shape index (κ2) is 8.32. The van der Waals surface area contributed by atoms with Crippen molar-refractivity contribution < 1.29 is 4.74 Å². The van der Waals surface area contributed by atoms with Crippen LogP contribution in [0.2, 0.25) is 0 Å². The molecular formula is C19H20N6OS. The van der Waals surface area contributed by atoms with E-state index < -0.39 is 0 Å². The SMILES string of the molecule is CC1=CSC(c2nnn(COCc3ccccc3)n2)N1Cc1cccnc1. The highest BCUT2D eigenvalue weighted by molar-refractivity contribution is 8.02. The van der Waals surface area contributed by atoms with Gasteiger partial charge >= 0.3 is 0 Å². The summed E-state index contributed by atoms with van der Waals surface area (Å²) in [6, 6.07) is 14.1. The lowest BCUT2D eigenvalue weighted by atomic mass is 10.2. The molecule has 0 bridgehead atoms. The van der Waals surface area contributed by atoms with Crippen molar-refractivity contribution in [2.24, 2.45) is 0 Å². The molecule has 1 aliphatic heterocycles. The largest absolute Gasteiger partial charge is 0.353 e. The van der Waals surface area contributed by atoms with E-state index in [0.717, 1.165) is 17.7 Å². The molecule has 0 fully saturated rings. The van der Waals surface area contributed by atoms with Gasteiger partial charge in [0, 0.05) is 24.6 Å². The lowest BCUT2D eigenvalue weighted by Gasteiger charge is -2.25. The predicted molar refractivity (Wildman–Crippen MR) is 103 cm³/mol. The summed E-state index contributed by atoms with van der Waals surface area (Å²) in [6.45, 7) is 3.64. The van der Waals surface area contributed by atoms with Crippen molar-refractivity contribution in [3.8, 4) is 0 Å². The number of hydrogen-bond donors (Lipinski definition) is 0. The van der Waals surface area contributed by atoms with Crippen LogP contribution in [-0.2, 0) is 24.6 Å². The van der Waals surface area contributed by atoms with Crippen molar-refractivity contribution in [3.05, 3.63) is 82.9 Å². The van der Waals surface area contributed by atoms with Crippen LogP contribution in [-0.4, -0.2) is 30.1 Å². The molecular weight excluding hydrogens is 360 g/mol. The molecule has 0 N–H and O–H groups in total. The summed E-state index contributed by atoms with van der Waals surface area (Å²) in [5, 5.41) is 15.0. The number of tetrazole rings is 1. The minimum Gasteiger partial charge on any atom is -0.353 e. The third-order valence-electron chi connectivity index (χ3n) is 4.19. The predicted octanol–water partition coefficient (Wildman–Crippen LogP) is 3.35. The van der Waals surface area contributed by atoms with Crippen molar-refractivity contribution in [2.45, 2.75) is 32.2 Å². The zero-order valence-electron chi connectivity index (χ0n) is 15.0. The Morgan fingerprint density at radius 2 is 1.96 bits per heavy atom. The number of pyridine rings is 1. The summed E-state index contributed by atoms with van der Waals surface area (Å²) < 4.78 is 5.68. The summed E-state index contributed by atoms with van der Waals surface area (Å²) in [6.07, 6.45) is 3.67. The molecule has 0 radical (unpaired) electrons. The average Bonchev–Trinajstić information content (AvgIpc) is 3.31. The van der Waals surface area contributed by atoms with E-state index in [1.807, 2.05) is 42.6 Å². The van der Waals surface area contributed by atoms with Gasteiger partial charge in [-0.1, -0.05) is 48.2 Å². The molecule has 0 saturated carbocycles. The minimum atomic E-state index is 0.00748. The van der Waals surface area contributed by atoms with Gasteiger partial charge in [0.1, 0.15) is 5.37 Å². The minimum absolute atomic E-state index is 0.00748. The maximum atomic E-state index is 5.68. The Bertz CT molecular complexity index is 899. The lowest BCUT2D eigenvalue weighted by Crippen LogP contribution is -2.22. The molecule has 1 unspecified atom stereocenters. The van der Waals surface area contributed by atoms with Gasteiger partial charge in [-0.3, -0.25) is 4.98 Å². The van der Waals surface area contributed by atoms with Gasteiger partial charge in [0.05, 0.1) is 6.61 Å². The first kappa shape index (κ1) is 17.7. The van der Waals surface area contributed by atoms with Crippen LogP contribution in [0.4, 0.5) is 0 Å². The van der Waals surface area contributed by atoms with E-state index in [1.165, 1.54) is 10.5 Å². The normalized spacial score (nSPS) is 16.6. The van der Waals surface area contributed by atoms with Gasteiger partial charge in [0.2, 0.25) is 5.82 Å². The van der Waals surface area contributed by atoms with Crippen LogP contribution in [0.25, 0.3) is 0 Å². The van der Waals surface area contributed by atoms with E-state index in [4.69, 9.17) is 4.74 Å². The molecule has 4 rings (SSSR count). The summed E-state index contributed by atoms with van der Waals surface area (Å²) in [5.74, 6) is 0.681. The van der Waals surface area contributed by atoms with E-state index in [9.17, 15) is 0 Å². The third kappa shape index (κ3) is 4.35. The van der Waals surface area contributed by atoms with Crippen molar-refractivity contribution >= 4 is 11.8 Å².